The zero-order chi connectivity index (χ0) is 41.0. The van der Waals surface area contributed by atoms with Crippen LogP contribution in [0.15, 0.2) is 85.5 Å². The highest BCUT2D eigenvalue weighted by Gasteiger charge is 2.51. The van der Waals surface area contributed by atoms with E-state index in [2.05, 4.69) is 30.7 Å². The number of carbonyl (C=O) groups excluding carboxylic acids is 3. The van der Waals surface area contributed by atoms with Crippen molar-refractivity contribution >= 4 is 17.7 Å². The molecule has 3 N–H and O–H groups in total. The summed E-state index contributed by atoms with van der Waals surface area (Å²) < 4.78 is 29.1. The monoisotopic (exact) mass is 806 g/mol. The number of alkyl halides is 2. The van der Waals surface area contributed by atoms with E-state index < -0.39 is 17.2 Å². The molecule has 0 bridgehead atoms. The number of aromatic amines is 1. The first-order valence-electron chi connectivity index (χ1n) is 21.4. The number of nitrogens with zero attached hydrogens (tertiary/aromatic N) is 6. The highest BCUT2D eigenvalue weighted by atomic mass is 19.3. The van der Waals surface area contributed by atoms with Gasteiger partial charge in [0.25, 0.3) is 11.8 Å². The van der Waals surface area contributed by atoms with Gasteiger partial charge in [-0.3, -0.25) is 34.1 Å². The number of nitrogens with two attached hydrogens (primary N) is 1. The molecule has 4 aromatic rings. The van der Waals surface area contributed by atoms with Gasteiger partial charge < -0.3 is 15.6 Å². The Balaban J connectivity index is 1.01. The predicted octanol–water partition coefficient (Wildman–Crippen LogP) is 6.60. The van der Waals surface area contributed by atoms with E-state index in [9.17, 15) is 23.2 Å². The molecule has 0 spiro atoms. The number of aryl methyl sites for hydroxylation is 1. The minimum absolute atomic E-state index is 0.0777. The summed E-state index contributed by atoms with van der Waals surface area (Å²) in [5.74, 6) is -3.98. The van der Waals surface area contributed by atoms with Crippen molar-refractivity contribution in [3.05, 3.63) is 119 Å². The minimum Gasteiger partial charge on any atom is -0.369 e. The van der Waals surface area contributed by atoms with Crippen LogP contribution in [0, 0.1) is 5.41 Å². The van der Waals surface area contributed by atoms with Crippen molar-refractivity contribution in [3.63, 3.8) is 0 Å². The number of carbonyl (C=O) groups is 3. The molecule has 1 saturated carbocycles. The number of benzene rings is 2. The summed E-state index contributed by atoms with van der Waals surface area (Å²) in [4.78, 5) is 61.1. The molecule has 3 atom stereocenters. The maximum Gasteiger partial charge on any atom is 0.261 e. The molecule has 2 fully saturated rings. The molecule has 4 heterocycles. The Labute approximate surface area is 345 Å². The first-order valence-corrected chi connectivity index (χ1v) is 21.4. The van der Waals surface area contributed by atoms with Crippen LogP contribution in [-0.2, 0) is 17.8 Å². The Morgan fingerprint density at radius 3 is 2.39 bits per heavy atom. The fourth-order valence-corrected chi connectivity index (χ4v) is 10.3. The van der Waals surface area contributed by atoms with Crippen LogP contribution in [0.4, 0.5) is 8.78 Å². The predicted molar refractivity (Wildman–Crippen MR) is 221 cm³/mol. The fraction of sp³-hybridized carbons (Fsp3) is 0.500. The van der Waals surface area contributed by atoms with Crippen LogP contribution in [0.3, 0.4) is 0 Å². The number of piperazine rings is 1. The number of H-pyrrole nitrogens is 1. The van der Waals surface area contributed by atoms with Gasteiger partial charge in [-0.05, 0) is 99.7 Å². The van der Waals surface area contributed by atoms with Crippen LogP contribution in [-0.4, -0.2) is 110 Å². The lowest BCUT2D eigenvalue weighted by Crippen LogP contribution is -2.57. The Bertz CT molecular complexity index is 2040. The molecule has 11 nitrogen and oxygen atoms in total. The Kier molecular flexibility index (Phi) is 12.3. The van der Waals surface area contributed by atoms with Crippen LogP contribution >= 0.6 is 0 Å². The largest absolute Gasteiger partial charge is 0.369 e. The second-order valence-electron chi connectivity index (χ2n) is 17.1. The van der Waals surface area contributed by atoms with E-state index >= 15 is 0 Å². The molecule has 312 valence electrons. The van der Waals surface area contributed by atoms with Gasteiger partial charge in [-0.15, -0.1) is 0 Å². The number of nitrogens with one attached hydrogen (secondary N) is 1. The molecule has 1 saturated heterocycles. The molecule has 0 radical (unpaired) electrons. The number of hydrogen-bond acceptors (Lipinski definition) is 8. The van der Waals surface area contributed by atoms with Gasteiger partial charge in [0.2, 0.25) is 11.8 Å². The fourth-order valence-electron chi connectivity index (χ4n) is 10.3. The normalized spacial score (nSPS) is 22.3. The van der Waals surface area contributed by atoms with Gasteiger partial charge in [-0.1, -0.05) is 48.5 Å². The molecular formula is C46H56F2N8O3. The number of imide groups is 1. The minimum atomic E-state index is -2.78. The summed E-state index contributed by atoms with van der Waals surface area (Å²) in [6, 6.07) is 21.4. The van der Waals surface area contributed by atoms with Gasteiger partial charge in [-0.2, -0.15) is 0 Å². The number of primary amides is 1. The third-order valence-electron chi connectivity index (χ3n) is 13.6. The third-order valence-corrected chi connectivity index (χ3v) is 13.6. The molecule has 2 aromatic heterocycles. The average molecular weight is 807 g/mol. The molecule has 3 amide bonds. The molecule has 4 aliphatic rings. The van der Waals surface area contributed by atoms with E-state index in [-0.39, 0.29) is 55.5 Å². The summed E-state index contributed by atoms with van der Waals surface area (Å²) in [5, 5.41) is 0. The first-order chi connectivity index (χ1) is 28.6. The Morgan fingerprint density at radius 1 is 0.932 bits per heavy atom. The second-order valence-corrected chi connectivity index (χ2v) is 17.1. The van der Waals surface area contributed by atoms with E-state index in [1.165, 1.54) is 10.5 Å². The van der Waals surface area contributed by atoms with Crippen LogP contribution in [0.2, 0.25) is 0 Å². The summed E-state index contributed by atoms with van der Waals surface area (Å²) in [6.07, 6.45) is 10.2. The topological polar surface area (TPSA) is 132 Å². The molecular weight excluding hydrogens is 751 g/mol. The van der Waals surface area contributed by atoms with Gasteiger partial charge in [-0.25, -0.2) is 13.8 Å². The smallest absolute Gasteiger partial charge is 0.261 e. The number of hydrogen-bond donors (Lipinski definition) is 2. The molecule has 0 unspecified atom stereocenters. The number of imidazole rings is 1. The first kappa shape index (κ1) is 40.9. The van der Waals surface area contributed by atoms with Gasteiger partial charge in [0, 0.05) is 76.2 Å². The molecule has 2 aliphatic carbocycles. The summed E-state index contributed by atoms with van der Waals surface area (Å²) in [5.41, 5.74) is 10.5. The average Bonchev–Trinajstić information content (AvgIpc) is 3.85. The lowest BCUT2D eigenvalue weighted by atomic mass is 9.61. The molecule has 13 heteroatoms. The SMILES string of the molecule is NC(=O)C1([C@@H](CCN2CCN(Cc3cnc[nH]3)[C@@H](CN(CCCCN3C(=O)c4ccccc4C3=O)[C@H]3CCCc4cccnc43)C2)c2ccccc2)CCC(F)(F)CC1. The van der Waals surface area contributed by atoms with Crippen LogP contribution in [0.25, 0.3) is 0 Å². The van der Waals surface area contributed by atoms with E-state index in [0.717, 1.165) is 81.9 Å². The highest BCUT2D eigenvalue weighted by molar-refractivity contribution is 6.21. The number of unbranched alkanes of at least 4 members (excludes halogenated alkanes) is 1. The van der Waals surface area contributed by atoms with Crippen molar-refractivity contribution in [2.75, 3.05) is 45.8 Å². The molecule has 8 rings (SSSR count). The van der Waals surface area contributed by atoms with Crippen molar-refractivity contribution in [3.8, 4) is 0 Å². The summed E-state index contributed by atoms with van der Waals surface area (Å²) >= 11 is 0. The number of aromatic nitrogens is 3. The lowest BCUT2D eigenvalue weighted by molar-refractivity contribution is -0.138. The van der Waals surface area contributed by atoms with Crippen molar-refractivity contribution in [1.82, 2.24) is 34.6 Å². The molecule has 2 aromatic carbocycles. The van der Waals surface area contributed by atoms with Crippen molar-refractivity contribution in [2.24, 2.45) is 11.1 Å². The molecule has 59 heavy (non-hydrogen) atoms. The number of amides is 3. The van der Waals surface area contributed by atoms with Gasteiger partial charge in [0.15, 0.2) is 0 Å². The van der Waals surface area contributed by atoms with Crippen LogP contribution < -0.4 is 5.73 Å². The van der Waals surface area contributed by atoms with Gasteiger partial charge in [0.05, 0.1) is 34.6 Å². The van der Waals surface area contributed by atoms with E-state index in [4.69, 9.17) is 10.7 Å². The number of halogens is 2. The van der Waals surface area contributed by atoms with Gasteiger partial charge in [0.1, 0.15) is 0 Å². The molecule has 2 aliphatic heterocycles. The maximum absolute atomic E-state index is 14.5. The standard InChI is InChI=1S/C46H56F2N8O3/c47-46(48)20-18-45(19-21-46,44(49)59)39(33-10-2-1-3-11-33)17-25-53-26-27-54(29-35-28-50-32-52-35)36(30-53)31-55(40-16-8-12-34-13-9-22-51-41(34)40)23-6-7-24-56-42(57)37-14-4-5-15-38(37)43(56)58/h1-5,9-11,13-15,22,28,32,36,39-40H,6-8,12,16-21,23-27,29-31H2,(H2,49,59)(H,50,52)/t36-,39+,40+/m1/s1. The Hall–Kier alpha value is -4.85. The number of fused-ring (bicyclic) bond motifs is 2. The number of pyridine rings is 1. The lowest BCUT2D eigenvalue weighted by Gasteiger charge is -2.47. The van der Waals surface area contributed by atoms with Crippen LogP contribution in [0.1, 0.15) is 113 Å². The maximum atomic E-state index is 14.5. The highest BCUT2D eigenvalue weighted by Crippen LogP contribution is 2.52. The van der Waals surface area contributed by atoms with E-state index in [1.807, 2.05) is 48.8 Å². The van der Waals surface area contributed by atoms with Crippen molar-refractivity contribution < 1.29 is 23.2 Å². The van der Waals surface area contributed by atoms with Crippen molar-refractivity contribution in [1.29, 1.82) is 0 Å². The zero-order valence-corrected chi connectivity index (χ0v) is 33.8. The van der Waals surface area contributed by atoms with E-state index in [0.29, 0.717) is 37.1 Å². The number of rotatable bonds is 16. The zero-order valence-electron chi connectivity index (χ0n) is 33.8. The van der Waals surface area contributed by atoms with Crippen molar-refractivity contribution in [2.45, 2.75) is 94.7 Å². The van der Waals surface area contributed by atoms with Crippen LogP contribution in [0.5, 0.6) is 0 Å². The van der Waals surface area contributed by atoms with E-state index in [1.54, 1.807) is 30.6 Å². The second kappa shape index (κ2) is 17.8. The summed E-state index contributed by atoms with van der Waals surface area (Å²) in [7, 11) is 0. The summed E-state index contributed by atoms with van der Waals surface area (Å²) in [6.45, 7) is 5.77. The van der Waals surface area contributed by atoms with Gasteiger partial charge >= 0.3 is 0 Å². The Morgan fingerprint density at radius 2 is 1.68 bits per heavy atom. The third kappa shape index (κ3) is 8.88. The quantitative estimate of drug-likeness (QED) is 0.0957.